The molecule has 1 aliphatic rings. The van der Waals surface area contributed by atoms with Crippen molar-refractivity contribution in [3.63, 3.8) is 0 Å². The number of pyridine rings is 1. The van der Waals surface area contributed by atoms with Crippen molar-refractivity contribution in [2.45, 2.75) is 18.9 Å². The number of halogens is 1. The highest BCUT2D eigenvalue weighted by molar-refractivity contribution is 6.08. The predicted molar refractivity (Wildman–Crippen MR) is 74.0 cm³/mol. The topological polar surface area (TPSA) is 42.0 Å². The molecule has 1 aromatic carbocycles. The molecule has 0 saturated carbocycles. The summed E-state index contributed by atoms with van der Waals surface area (Å²) >= 11 is 0. The Balaban J connectivity index is 1.87. The van der Waals surface area contributed by atoms with Crippen LogP contribution >= 0.6 is 0 Å². The summed E-state index contributed by atoms with van der Waals surface area (Å²) in [6.45, 7) is 1.00. The van der Waals surface area contributed by atoms with Crippen LogP contribution in [0.3, 0.4) is 0 Å². The standard InChI is InChI=1S/C16H15FN2O/c17-14-5-3-11(4-6-14)16(20)13-8-12(9-18-10-13)15-2-1-7-19-15/h3-6,8-10,15,19H,1-2,7H2. The molecule has 0 bridgehead atoms. The number of hydrogen-bond acceptors (Lipinski definition) is 3. The van der Waals surface area contributed by atoms with Crippen molar-refractivity contribution >= 4 is 5.78 Å². The van der Waals surface area contributed by atoms with Gasteiger partial charge in [0.25, 0.3) is 0 Å². The Hall–Kier alpha value is -2.07. The van der Waals surface area contributed by atoms with E-state index < -0.39 is 0 Å². The first-order chi connectivity index (χ1) is 9.74. The first-order valence-corrected chi connectivity index (χ1v) is 6.72. The molecule has 2 aromatic rings. The predicted octanol–water partition coefficient (Wildman–Crippen LogP) is 2.88. The summed E-state index contributed by atoms with van der Waals surface area (Å²) in [7, 11) is 0. The summed E-state index contributed by atoms with van der Waals surface area (Å²) in [5.41, 5.74) is 2.06. The van der Waals surface area contributed by atoms with E-state index in [1.165, 1.54) is 24.3 Å². The molecule has 0 amide bonds. The normalized spacial score (nSPS) is 18.1. The number of nitrogens with one attached hydrogen (secondary N) is 1. The molecule has 0 aliphatic carbocycles. The molecule has 1 aromatic heterocycles. The minimum absolute atomic E-state index is 0.127. The molecule has 20 heavy (non-hydrogen) atoms. The number of aromatic nitrogens is 1. The second-order valence-electron chi connectivity index (χ2n) is 4.99. The van der Waals surface area contributed by atoms with Crippen LogP contribution in [0, 0.1) is 5.82 Å². The maximum absolute atomic E-state index is 12.9. The second-order valence-corrected chi connectivity index (χ2v) is 4.99. The molecule has 1 aliphatic heterocycles. The maximum atomic E-state index is 12.9. The second kappa shape index (κ2) is 5.51. The minimum Gasteiger partial charge on any atom is -0.310 e. The van der Waals surface area contributed by atoms with Gasteiger partial charge in [-0.05, 0) is 55.3 Å². The lowest BCUT2D eigenvalue weighted by molar-refractivity contribution is 0.103. The number of hydrogen-bond donors (Lipinski definition) is 1. The monoisotopic (exact) mass is 270 g/mol. The average molecular weight is 270 g/mol. The maximum Gasteiger partial charge on any atom is 0.194 e. The number of benzene rings is 1. The van der Waals surface area contributed by atoms with Crippen LogP contribution in [0.4, 0.5) is 4.39 Å². The van der Waals surface area contributed by atoms with E-state index in [-0.39, 0.29) is 17.6 Å². The van der Waals surface area contributed by atoms with Gasteiger partial charge in [0, 0.05) is 29.6 Å². The van der Waals surface area contributed by atoms with E-state index >= 15 is 0 Å². The van der Waals surface area contributed by atoms with Crippen molar-refractivity contribution in [1.29, 1.82) is 0 Å². The molecule has 1 atom stereocenters. The first kappa shape index (κ1) is 12.9. The van der Waals surface area contributed by atoms with Crippen LogP contribution in [-0.4, -0.2) is 17.3 Å². The average Bonchev–Trinajstić information content (AvgIpc) is 3.02. The largest absolute Gasteiger partial charge is 0.310 e. The van der Waals surface area contributed by atoms with Crippen molar-refractivity contribution in [2.24, 2.45) is 0 Å². The van der Waals surface area contributed by atoms with E-state index in [0.29, 0.717) is 11.1 Å². The lowest BCUT2D eigenvalue weighted by atomic mass is 10.0. The molecule has 1 unspecified atom stereocenters. The molecule has 0 spiro atoms. The minimum atomic E-state index is -0.344. The highest BCUT2D eigenvalue weighted by Gasteiger charge is 2.18. The van der Waals surface area contributed by atoms with E-state index in [4.69, 9.17) is 0 Å². The van der Waals surface area contributed by atoms with Crippen LogP contribution in [0.25, 0.3) is 0 Å². The van der Waals surface area contributed by atoms with E-state index in [1.807, 2.05) is 6.07 Å². The Morgan fingerprint density at radius 2 is 2.00 bits per heavy atom. The highest BCUT2D eigenvalue weighted by atomic mass is 19.1. The number of carbonyl (C=O) groups is 1. The zero-order valence-corrected chi connectivity index (χ0v) is 11.0. The highest BCUT2D eigenvalue weighted by Crippen LogP contribution is 2.23. The van der Waals surface area contributed by atoms with Crippen LogP contribution in [-0.2, 0) is 0 Å². The first-order valence-electron chi connectivity index (χ1n) is 6.72. The van der Waals surface area contributed by atoms with E-state index in [9.17, 15) is 9.18 Å². The molecule has 2 heterocycles. The van der Waals surface area contributed by atoms with Crippen molar-refractivity contribution < 1.29 is 9.18 Å². The summed E-state index contributed by atoms with van der Waals surface area (Å²) in [5.74, 6) is -0.471. The van der Waals surface area contributed by atoms with E-state index in [1.54, 1.807) is 12.4 Å². The third kappa shape index (κ3) is 2.60. The van der Waals surface area contributed by atoms with Gasteiger partial charge in [0.15, 0.2) is 5.78 Å². The summed E-state index contributed by atoms with van der Waals surface area (Å²) < 4.78 is 12.9. The van der Waals surface area contributed by atoms with Crippen LogP contribution in [0.2, 0.25) is 0 Å². The van der Waals surface area contributed by atoms with Crippen molar-refractivity contribution in [3.8, 4) is 0 Å². The van der Waals surface area contributed by atoms with Crippen LogP contribution in [0.5, 0.6) is 0 Å². The van der Waals surface area contributed by atoms with E-state index in [0.717, 1.165) is 24.9 Å². The molecule has 4 heteroatoms. The molecule has 102 valence electrons. The smallest absolute Gasteiger partial charge is 0.194 e. The lowest BCUT2D eigenvalue weighted by Crippen LogP contribution is -2.14. The van der Waals surface area contributed by atoms with Gasteiger partial charge < -0.3 is 5.32 Å². The fourth-order valence-corrected chi connectivity index (χ4v) is 2.51. The van der Waals surface area contributed by atoms with Crippen LogP contribution in [0.15, 0.2) is 42.7 Å². The number of ketones is 1. The molecule has 0 radical (unpaired) electrons. The van der Waals surface area contributed by atoms with Crippen molar-refractivity contribution in [1.82, 2.24) is 10.3 Å². The number of carbonyl (C=O) groups excluding carboxylic acids is 1. The summed E-state index contributed by atoms with van der Waals surface area (Å²) in [5, 5.41) is 3.39. The lowest BCUT2D eigenvalue weighted by Gasteiger charge is -2.11. The van der Waals surface area contributed by atoms with E-state index in [2.05, 4.69) is 10.3 Å². The molecule has 3 nitrogen and oxygen atoms in total. The summed E-state index contributed by atoms with van der Waals surface area (Å²) in [6.07, 6.45) is 5.56. The third-order valence-corrected chi connectivity index (χ3v) is 3.59. The zero-order chi connectivity index (χ0) is 13.9. The van der Waals surface area contributed by atoms with Gasteiger partial charge >= 0.3 is 0 Å². The Bertz CT molecular complexity index is 619. The van der Waals surface area contributed by atoms with Gasteiger partial charge in [0.05, 0.1) is 0 Å². The zero-order valence-electron chi connectivity index (χ0n) is 11.0. The van der Waals surface area contributed by atoms with Gasteiger partial charge in [0.1, 0.15) is 5.82 Å². The fourth-order valence-electron chi connectivity index (χ4n) is 2.51. The number of nitrogens with zero attached hydrogens (tertiary/aromatic N) is 1. The molecule has 1 N–H and O–H groups in total. The number of rotatable bonds is 3. The Morgan fingerprint density at radius 3 is 2.70 bits per heavy atom. The SMILES string of the molecule is O=C(c1ccc(F)cc1)c1cncc(C2CCCN2)c1. The van der Waals surface area contributed by atoms with Crippen molar-refractivity contribution in [3.05, 3.63) is 65.2 Å². The summed E-state index contributed by atoms with van der Waals surface area (Å²) in [6, 6.07) is 7.74. The third-order valence-electron chi connectivity index (χ3n) is 3.59. The molecule has 3 rings (SSSR count). The molecular formula is C16H15FN2O. The van der Waals surface area contributed by atoms with Crippen LogP contribution in [0.1, 0.15) is 40.4 Å². The Morgan fingerprint density at radius 1 is 1.20 bits per heavy atom. The van der Waals surface area contributed by atoms with Gasteiger partial charge in [-0.3, -0.25) is 9.78 Å². The Kier molecular flexibility index (Phi) is 3.56. The quantitative estimate of drug-likeness (QED) is 0.872. The van der Waals surface area contributed by atoms with Gasteiger partial charge in [-0.1, -0.05) is 0 Å². The molecule has 1 fully saturated rings. The molecule has 1 saturated heterocycles. The van der Waals surface area contributed by atoms with Crippen LogP contribution < -0.4 is 5.32 Å². The summed E-state index contributed by atoms with van der Waals surface area (Å²) in [4.78, 5) is 16.5. The molecular weight excluding hydrogens is 255 g/mol. The van der Waals surface area contributed by atoms with Gasteiger partial charge in [0.2, 0.25) is 0 Å². The van der Waals surface area contributed by atoms with Crippen molar-refractivity contribution in [2.75, 3.05) is 6.54 Å². The van der Waals surface area contributed by atoms with Gasteiger partial charge in [-0.2, -0.15) is 0 Å². The Labute approximate surface area is 116 Å². The van der Waals surface area contributed by atoms with Gasteiger partial charge in [-0.15, -0.1) is 0 Å². The fraction of sp³-hybridized carbons (Fsp3) is 0.250. The van der Waals surface area contributed by atoms with Gasteiger partial charge in [-0.25, -0.2) is 4.39 Å².